The van der Waals surface area contributed by atoms with Gasteiger partial charge in [-0.15, -0.1) is 0 Å². The van der Waals surface area contributed by atoms with E-state index in [0.29, 0.717) is 0 Å². The van der Waals surface area contributed by atoms with Crippen LogP contribution in [0.3, 0.4) is 0 Å². The van der Waals surface area contributed by atoms with E-state index in [-0.39, 0.29) is 5.60 Å². The third-order valence-corrected chi connectivity index (χ3v) is 6.06. The Morgan fingerprint density at radius 3 is 2.62 bits per heavy atom. The average Bonchev–Trinajstić information content (AvgIpc) is 2.74. The molecular weight excluding hydrogens is 262 g/mol. The topological polar surface area (TPSA) is 30.5 Å². The third kappa shape index (κ3) is 4.00. The fraction of sp³-hybridized carbons (Fsp3) is 1.00. The summed E-state index contributed by atoms with van der Waals surface area (Å²) < 4.78 is 11.8. The summed E-state index contributed by atoms with van der Waals surface area (Å²) in [5.41, 5.74) is 0.168. The minimum absolute atomic E-state index is 0.168. The zero-order valence-electron chi connectivity index (χ0n) is 13.7. The highest BCUT2D eigenvalue weighted by molar-refractivity contribution is 4.92. The molecule has 0 bridgehead atoms. The van der Waals surface area contributed by atoms with Crippen LogP contribution in [-0.2, 0) is 9.47 Å². The monoisotopic (exact) mass is 295 g/mol. The molecule has 122 valence electrons. The van der Waals surface area contributed by atoms with Crippen molar-refractivity contribution < 1.29 is 9.47 Å². The second-order valence-electron chi connectivity index (χ2n) is 7.43. The zero-order valence-corrected chi connectivity index (χ0v) is 13.7. The summed E-state index contributed by atoms with van der Waals surface area (Å²) in [6.07, 6.45) is 11.9. The number of ether oxygens (including phenoxy) is 2. The first kappa shape index (κ1) is 15.8. The second-order valence-corrected chi connectivity index (χ2v) is 7.43. The van der Waals surface area contributed by atoms with Gasteiger partial charge in [-0.05, 0) is 56.9 Å². The minimum atomic E-state index is 0.168. The third-order valence-electron chi connectivity index (χ3n) is 6.06. The van der Waals surface area contributed by atoms with Gasteiger partial charge in [0, 0.05) is 25.9 Å². The Balaban J connectivity index is 1.61. The lowest BCUT2D eigenvalue weighted by atomic mass is 9.73. The summed E-state index contributed by atoms with van der Waals surface area (Å²) in [5.74, 6) is 1.80. The van der Waals surface area contributed by atoms with Gasteiger partial charge in [-0.25, -0.2) is 0 Å². The van der Waals surface area contributed by atoms with Crippen LogP contribution >= 0.6 is 0 Å². The zero-order chi connectivity index (χ0) is 14.5. The largest absolute Gasteiger partial charge is 0.381 e. The summed E-state index contributed by atoms with van der Waals surface area (Å²) in [4.78, 5) is 0. The van der Waals surface area contributed by atoms with Crippen molar-refractivity contribution in [2.75, 3.05) is 26.4 Å². The average molecular weight is 295 g/mol. The molecule has 3 heteroatoms. The highest BCUT2D eigenvalue weighted by atomic mass is 16.5. The SMILES string of the molecule is CCNC1CCCCC(C2CCOC3(CCOCC3)C2)C1. The Morgan fingerprint density at radius 1 is 1.00 bits per heavy atom. The molecule has 1 saturated carbocycles. The normalized spacial score (nSPS) is 37.3. The van der Waals surface area contributed by atoms with E-state index in [9.17, 15) is 0 Å². The summed E-state index contributed by atoms with van der Waals surface area (Å²) in [7, 11) is 0. The summed E-state index contributed by atoms with van der Waals surface area (Å²) in [6.45, 7) is 6.14. The van der Waals surface area contributed by atoms with E-state index < -0.39 is 0 Å². The fourth-order valence-corrected chi connectivity index (χ4v) is 4.86. The van der Waals surface area contributed by atoms with Gasteiger partial charge in [-0.1, -0.05) is 26.2 Å². The first-order valence-corrected chi connectivity index (χ1v) is 9.26. The molecule has 1 aliphatic carbocycles. The Morgan fingerprint density at radius 2 is 1.81 bits per heavy atom. The molecule has 3 fully saturated rings. The maximum Gasteiger partial charge on any atom is 0.0729 e. The van der Waals surface area contributed by atoms with E-state index in [1.54, 1.807) is 0 Å². The van der Waals surface area contributed by atoms with Crippen LogP contribution in [-0.4, -0.2) is 38.0 Å². The molecule has 0 aromatic rings. The molecule has 0 aromatic heterocycles. The number of hydrogen-bond acceptors (Lipinski definition) is 3. The van der Waals surface area contributed by atoms with Crippen molar-refractivity contribution in [3.8, 4) is 0 Å². The van der Waals surface area contributed by atoms with Crippen molar-refractivity contribution >= 4 is 0 Å². The Bertz CT molecular complexity index is 309. The van der Waals surface area contributed by atoms with E-state index in [2.05, 4.69) is 12.2 Å². The summed E-state index contributed by atoms with van der Waals surface area (Å²) in [5, 5.41) is 3.71. The van der Waals surface area contributed by atoms with Crippen LogP contribution in [0.1, 0.15) is 64.7 Å². The highest BCUT2D eigenvalue weighted by Crippen LogP contribution is 2.43. The summed E-state index contributed by atoms with van der Waals surface area (Å²) >= 11 is 0. The molecule has 2 aliphatic heterocycles. The molecular formula is C18H33NO2. The van der Waals surface area contributed by atoms with E-state index in [0.717, 1.165) is 57.1 Å². The maximum atomic E-state index is 6.24. The van der Waals surface area contributed by atoms with Gasteiger partial charge in [0.2, 0.25) is 0 Å². The van der Waals surface area contributed by atoms with Gasteiger partial charge in [0.25, 0.3) is 0 Å². The molecule has 2 saturated heterocycles. The van der Waals surface area contributed by atoms with Gasteiger partial charge in [0.05, 0.1) is 5.60 Å². The van der Waals surface area contributed by atoms with Crippen LogP contribution in [0.2, 0.25) is 0 Å². The van der Waals surface area contributed by atoms with Gasteiger partial charge in [-0.3, -0.25) is 0 Å². The van der Waals surface area contributed by atoms with E-state index in [1.807, 2.05) is 0 Å². The van der Waals surface area contributed by atoms with E-state index in [4.69, 9.17) is 9.47 Å². The molecule has 0 amide bonds. The molecule has 21 heavy (non-hydrogen) atoms. The van der Waals surface area contributed by atoms with Crippen LogP contribution in [0.5, 0.6) is 0 Å². The van der Waals surface area contributed by atoms with Gasteiger partial charge in [0.1, 0.15) is 0 Å². The lowest BCUT2D eigenvalue weighted by Crippen LogP contribution is -2.46. The van der Waals surface area contributed by atoms with E-state index in [1.165, 1.54) is 44.9 Å². The van der Waals surface area contributed by atoms with Crippen LogP contribution in [0.25, 0.3) is 0 Å². The molecule has 3 atom stereocenters. The van der Waals surface area contributed by atoms with Crippen molar-refractivity contribution in [3.63, 3.8) is 0 Å². The number of hydrogen-bond donors (Lipinski definition) is 1. The maximum absolute atomic E-state index is 6.24. The smallest absolute Gasteiger partial charge is 0.0729 e. The predicted octanol–water partition coefficient (Wildman–Crippen LogP) is 3.52. The summed E-state index contributed by atoms with van der Waals surface area (Å²) in [6, 6.07) is 0.760. The van der Waals surface area contributed by atoms with Crippen molar-refractivity contribution in [3.05, 3.63) is 0 Å². The predicted molar refractivity (Wildman–Crippen MR) is 85.5 cm³/mol. The molecule has 0 aromatic carbocycles. The van der Waals surface area contributed by atoms with Gasteiger partial charge < -0.3 is 14.8 Å². The van der Waals surface area contributed by atoms with Crippen molar-refractivity contribution in [1.82, 2.24) is 5.32 Å². The standard InChI is InChI=1S/C18H33NO2/c1-2-19-17-6-4-3-5-15(13-17)16-7-10-21-18(14-16)8-11-20-12-9-18/h15-17,19H,2-14H2,1H3. The van der Waals surface area contributed by atoms with Gasteiger partial charge >= 0.3 is 0 Å². The second kappa shape index (κ2) is 7.43. The minimum Gasteiger partial charge on any atom is -0.381 e. The van der Waals surface area contributed by atoms with Gasteiger partial charge in [0.15, 0.2) is 0 Å². The molecule has 3 unspecified atom stereocenters. The molecule has 3 rings (SSSR count). The first-order chi connectivity index (χ1) is 10.3. The molecule has 0 radical (unpaired) electrons. The van der Waals surface area contributed by atoms with Crippen molar-refractivity contribution in [2.45, 2.75) is 76.4 Å². The molecule has 2 heterocycles. The number of nitrogens with one attached hydrogen (secondary N) is 1. The van der Waals surface area contributed by atoms with Crippen LogP contribution in [0.4, 0.5) is 0 Å². The molecule has 1 spiro atoms. The van der Waals surface area contributed by atoms with Crippen molar-refractivity contribution in [2.24, 2.45) is 11.8 Å². The molecule has 1 N–H and O–H groups in total. The molecule has 3 nitrogen and oxygen atoms in total. The highest BCUT2D eigenvalue weighted by Gasteiger charge is 2.41. The number of rotatable bonds is 3. The molecule has 3 aliphatic rings. The Labute approximate surface area is 130 Å². The lowest BCUT2D eigenvalue weighted by Gasteiger charge is -2.45. The Hall–Kier alpha value is -0.120. The fourth-order valence-electron chi connectivity index (χ4n) is 4.86. The van der Waals surface area contributed by atoms with Crippen LogP contribution in [0, 0.1) is 11.8 Å². The first-order valence-electron chi connectivity index (χ1n) is 9.26. The van der Waals surface area contributed by atoms with Crippen LogP contribution < -0.4 is 5.32 Å². The van der Waals surface area contributed by atoms with E-state index >= 15 is 0 Å². The quantitative estimate of drug-likeness (QED) is 0.808. The lowest BCUT2D eigenvalue weighted by molar-refractivity contribution is -0.153. The van der Waals surface area contributed by atoms with Gasteiger partial charge in [-0.2, -0.15) is 0 Å². The van der Waals surface area contributed by atoms with Crippen LogP contribution in [0.15, 0.2) is 0 Å². The van der Waals surface area contributed by atoms with Crippen molar-refractivity contribution in [1.29, 1.82) is 0 Å². The Kier molecular flexibility index (Phi) is 5.58.